The van der Waals surface area contributed by atoms with Gasteiger partial charge in [0.15, 0.2) is 0 Å². The minimum Gasteiger partial charge on any atom is -0.395 e. The highest BCUT2D eigenvalue weighted by atomic mass is 79.9. The fourth-order valence-corrected chi connectivity index (χ4v) is 11.4. The van der Waals surface area contributed by atoms with Crippen LogP contribution in [0, 0.1) is 5.92 Å². The van der Waals surface area contributed by atoms with Crippen molar-refractivity contribution in [2.45, 2.75) is 161 Å². The molecule has 11 heteroatoms. The van der Waals surface area contributed by atoms with Crippen molar-refractivity contribution in [2.24, 2.45) is 5.92 Å². The number of alkyl halides is 9. The number of halogens is 9. The summed E-state index contributed by atoms with van der Waals surface area (Å²) in [5.74, 6) is 1.13. The second-order valence-electron chi connectivity index (χ2n) is 13.7. The van der Waals surface area contributed by atoms with Crippen LogP contribution < -0.4 is 0 Å². The molecule has 8 aliphatic carbocycles. The average molecular weight is 1270 g/mol. The molecule has 3 unspecified atom stereocenters. The molecule has 3 atom stereocenters. The first-order valence-corrected chi connectivity index (χ1v) is 25.0. The number of hydrogen-bond acceptors (Lipinski definition) is 2. The van der Waals surface area contributed by atoms with Crippen LogP contribution in [0.2, 0.25) is 0 Å². The molecule has 2 nitrogen and oxygen atoms in total. The summed E-state index contributed by atoms with van der Waals surface area (Å²) in [4.78, 5) is 0. The Bertz CT molecular complexity index is 995. The molecule has 0 bridgehead atoms. The van der Waals surface area contributed by atoms with Gasteiger partial charge in [0, 0.05) is 0 Å². The Kier molecular flexibility index (Phi) is 23.4. The molecule has 2 N–H and O–H groups in total. The van der Waals surface area contributed by atoms with Gasteiger partial charge in [-0.1, -0.05) is 245 Å². The van der Waals surface area contributed by atoms with E-state index in [-0.39, 0.29) is 27.2 Å². The summed E-state index contributed by atoms with van der Waals surface area (Å²) in [6, 6.07) is 0. The summed E-state index contributed by atoms with van der Waals surface area (Å²) in [5, 5.41) is 16.8. The highest BCUT2D eigenvalue weighted by Crippen LogP contribution is 2.67. The molecule has 4 saturated carbocycles. The fourth-order valence-electron chi connectivity index (χ4n) is 3.67. The summed E-state index contributed by atoms with van der Waals surface area (Å²) in [5.41, 5.74) is 6.07. The second kappa shape index (κ2) is 22.8. The van der Waals surface area contributed by atoms with Crippen LogP contribution in [0.25, 0.3) is 0 Å². The normalized spacial score (nSPS) is 30.4. The van der Waals surface area contributed by atoms with Crippen LogP contribution in [0.1, 0.15) is 138 Å². The zero-order valence-corrected chi connectivity index (χ0v) is 44.5. The molecule has 0 spiro atoms. The van der Waals surface area contributed by atoms with Crippen molar-refractivity contribution in [3.63, 3.8) is 0 Å². The molecule has 4 fully saturated rings. The van der Waals surface area contributed by atoms with Gasteiger partial charge in [0.1, 0.15) is 0 Å². The summed E-state index contributed by atoms with van der Waals surface area (Å²) in [6.07, 6.45) is 27.7. The van der Waals surface area contributed by atoms with Gasteiger partial charge in [0.25, 0.3) is 0 Å². The Morgan fingerprint density at radius 3 is 0.776 bits per heavy atom. The zero-order valence-electron chi connectivity index (χ0n) is 30.2. The van der Waals surface area contributed by atoms with Gasteiger partial charge in [-0.25, -0.2) is 0 Å². The molecule has 286 valence electrons. The third-order valence-corrected chi connectivity index (χ3v) is 23.0. The molecule has 0 aromatic heterocycles. The molecule has 0 aromatic carbocycles. The molecule has 49 heavy (non-hydrogen) atoms. The third-order valence-electron chi connectivity index (χ3n) is 9.28. The SMILES string of the molecule is CCC1(Br)CC1(Br)Br.CCC1(Br)CC1(Br)Br.CCC1=CC1.CCC1=CC1.CCC1=CC1.CCC1CC1.OCC1(Br)CC1(Br)Br.OCC1=CC1. The quantitative estimate of drug-likeness (QED) is 0.188. The predicted octanol–water partition coefficient (Wildman–Crippen LogP) is 16.1. The van der Waals surface area contributed by atoms with Gasteiger partial charge >= 0.3 is 0 Å². The Morgan fingerprint density at radius 2 is 0.776 bits per heavy atom. The summed E-state index contributed by atoms with van der Waals surface area (Å²) >= 11 is 31.5. The molecule has 0 heterocycles. The average Bonchev–Trinajstić information content (AvgIpc) is 3.86. The van der Waals surface area contributed by atoms with Crippen LogP contribution in [0.3, 0.4) is 0 Å². The van der Waals surface area contributed by atoms with E-state index in [2.05, 4.69) is 203 Å². The van der Waals surface area contributed by atoms with Crippen molar-refractivity contribution in [2.75, 3.05) is 13.2 Å². The summed E-state index contributed by atoms with van der Waals surface area (Å²) < 4.78 is 0.894. The lowest BCUT2D eigenvalue weighted by Crippen LogP contribution is -2.11. The molecule has 8 aliphatic rings. The maximum atomic E-state index is 8.69. The van der Waals surface area contributed by atoms with Crippen LogP contribution in [0.5, 0.6) is 0 Å². The molecule has 0 saturated heterocycles. The monoisotopic (exact) mass is 1260 g/mol. The smallest absolute Gasteiger partial charge is 0.0995 e. The maximum Gasteiger partial charge on any atom is 0.0995 e. The lowest BCUT2D eigenvalue weighted by molar-refractivity contribution is 0.291. The summed E-state index contributed by atoms with van der Waals surface area (Å²) in [7, 11) is 0. The van der Waals surface area contributed by atoms with Crippen LogP contribution in [-0.2, 0) is 0 Å². The van der Waals surface area contributed by atoms with Crippen LogP contribution in [0.15, 0.2) is 46.6 Å². The topological polar surface area (TPSA) is 40.5 Å². The van der Waals surface area contributed by atoms with E-state index in [1.165, 1.54) is 89.0 Å². The Labute approximate surface area is 375 Å². The van der Waals surface area contributed by atoms with E-state index in [1.807, 2.05) is 6.08 Å². The van der Waals surface area contributed by atoms with Crippen LogP contribution in [-0.4, -0.2) is 46.1 Å². The van der Waals surface area contributed by atoms with Crippen molar-refractivity contribution < 1.29 is 10.2 Å². The Balaban J connectivity index is 0.000000283. The van der Waals surface area contributed by atoms with Crippen molar-refractivity contribution >= 4 is 143 Å². The van der Waals surface area contributed by atoms with Crippen molar-refractivity contribution in [1.82, 2.24) is 0 Å². The van der Waals surface area contributed by atoms with E-state index in [1.54, 1.807) is 16.7 Å². The van der Waals surface area contributed by atoms with Crippen molar-refractivity contribution in [3.05, 3.63) is 46.6 Å². The fraction of sp³-hybridized carbons (Fsp3) is 0.789. The van der Waals surface area contributed by atoms with Crippen molar-refractivity contribution in [3.8, 4) is 0 Å². The highest BCUT2D eigenvalue weighted by molar-refractivity contribution is 9.27. The minimum absolute atomic E-state index is 0.0538. The molecule has 0 aromatic rings. The Morgan fingerprint density at radius 1 is 0.510 bits per heavy atom. The summed E-state index contributed by atoms with van der Waals surface area (Å²) in [6.45, 7) is 13.6. The van der Waals surface area contributed by atoms with Gasteiger partial charge in [-0.05, 0) is 88.5 Å². The van der Waals surface area contributed by atoms with E-state index in [0.29, 0.717) is 8.65 Å². The van der Waals surface area contributed by atoms with Gasteiger partial charge in [0.05, 0.1) is 35.9 Å². The second-order valence-corrected chi connectivity index (χ2v) is 29.6. The third kappa shape index (κ3) is 21.3. The van der Waals surface area contributed by atoms with E-state index < -0.39 is 0 Å². The minimum atomic E-state index is -0.111. The number of hydrogen-bond donors (Lipinski definition) is 2. The van der Waals surface area contributed by atoms with Gasteiger partial charge in [-0.3, -0.25) is 0 Å². The molecular formula is C38H59Br9O2. The number of aliphatic hydroxyl groups excluding tert-OH is 2. The first kappa shape index (κ1) is 50.2. The van der Waals surface area contributed by atoms with Crippen LogP contribution in [0.4, 0.5) is 0 Å². The van der Waals surface area contributed by atoms with E-state index >= 15 is 0 Å². The van der Waals surface area contributed by atoms with Gasteiger partial charge in [0.2, 0.25) is 0 Å². The van der Waals surface area contributed by atoms with Crippen LogP contribution >= 0.6 is 143 Å². The first-order chi connectivity index (χ1) is 22.7. The number of aliphatic hydroxyl groups is 2. The standard InChI is InChI=1S/2C5H7Br3.C5H10.3C5H8.C4H5Br3O.C4H6O/c2*1-2-4(6)3-5(4,7)8;4*1-2-5-3-4-5;5-3(2-8)1-4(3,6)7;5-3-4-1-2-4/h2*2-3H2,1H3;5H,2-4H2,1H3;3*3H,2,4H2,1H3;8H,1-2H2;1,5H,2-3H2. The largest absolute Gasteiger partial charge is 0.395 e. The van der Waals surface area contributed by atoms with Crippen molar-refractivity contribution in [1.29, 1.82) is 0 Å². The number of rotatable bonds is 8. The first-order valence-electron chi connectivity index (χ1n) is 17.8. The Hall–Kier alpha value is 3.20. The van der Waals surface area contributed by atoms with E-state index in [0.717, 1.165) is 18.8 Å². The number of allylic oxidation sites excluding steroid dienone is 7. The van der Waals surface area contributed by atoms with Gasteiger partial charge in [-0.15, -0.1) is 0 Å². The van der Waals surface area contributed by atoms with E-state index in [4.69, 9.17) is 10.2 Å². The predicted molar refractivity (Wildman–Crippen MR) is 250 cm³/mol. The highest BCUT2D eigenvalue weighted by Gasteiger charge is 2.64. The van der Waals surface area contributed by atoms with E-state index in [9.17, 15) is 0 Å². The molecule has 8 rings (SSSR count). The molecule has 0 radical (unpaired) electrons. The van der Waals surface area contributed by atoms with Gasteiger partial charge < -0.3 is 10.2 Å². The molecule has 0 aliphatic heterocycles. The van der Waals surface area contributed by atoms with Gasteiger partial charge in [-0.2, -0.15) is 0 Å². The molecular weight excluding hydrogens is 1210 g/mol. The zero-order chi connectivity index (χ0) is 37.7. The maximum absolute atomic E-state index is 8.69. The lowest BCUT2D eigenvalue weighted by atomic mass is 10.3. The lowest BCUT2D eigenvalue weighted by Gasteiger charge is -2.03. The molecule has 0 amide bonds.